The van der Waals surface area contributed by atoms with Crippen LogP contribution < -0.4 is 0 Å². The summed E-state index contributed by atoms with van der Waals surface area (Å²) in [7, 11) is 0. The number of hydrogen-bond acceptors (Lipinski definition) is 4. The van der Waals surface area contributed by atoms with Gasteiger partial charge in [0, 0.05) is 0 Å². The quantitative estimate of drug-likeness (QED) is 0.436. The van der Waals surface area contributed by atoms with E-state index < -0.39 is 11.6 Å². The summed E-state index contributed by atoms with van der Waals surface area (Å²) in [5.74, 6) is -0.783. The largest absolute Gasteiger partial charge is 0.475 e. The van der Waals surface area contributed by atoms with Crippen LogP contribution in [0.2, 0.25) is 0 Å². The van der Waals surface area contributed by atoms with Gasteiger partial charge in [0.1, 0.15) is 36.5 Å². The molecule has 0 amide bonds. The molecule has 1 heterocycles. The van der Waals surface area contributed by atoms with Crippen molar-refractivity contribution in [1.82, 2.24) is 0 Å². The van der Waals surface area contributed by atoms with Crippen molar-refractivity contribution in [3.63, 3.8) is 0 Å². The van der Waals surface area contributed by atoms with Crippen LogP contribution in [0.1, 0.15) is 67.7 Å². The molecule has 0 saturated heterocycles. The molecule has 4 nitrogen and oxygen atoms in total. The second kappa shape index (κ2) is 9.37. The Morgan fingerprint density at radius 2 is 1.70 bits per heavy atom. The van der Waals surface area contributed by atoms with Crippen molar-refractivity contribution in [3.05, 3.63) is 70.8 Å². The lowest BCUT2D eigenvalue weighted by molar-refractivity contribution is 0.143. The van der Waals surface area contributed by atoms with Gasteiger partial charge < -0.3 is 9.57 Å². The molecule has 30 heavy (non-hydrogen) atoms. The second-order valence-corrected chi connectivity index (χ2v) is 7.79. The summed E-state index contributed by atoms with van der Waals surface area (Å²) in [5.41, 5.74) is 3.24. The number of nitrogens with zero attached hydrogens (tertiary/aromatic N) is 2. The van der Waals surface area contributed by atoms with E-state index in [9.17, 15) is 8.78 Å². The molecule has 158 valence electrons. The summed E-state index contributed by atoms with van der Waals surface area (Å²) in [6.07, 6.45) is 5.03. The lowest BCUT2D eigenvalue weighted by Gasteiger charge is -2.23. The molecule has 1 saturated carbocycles. The van der Waals surface area contributed by atoms with Gasteiger partial charge in [-0.3, -0.25) is 0 Å². The molecule has 1 fully saturated rings. The zero-order valence-corrected chi connectivity index (χ0v) is 17.1. The Morgan fingerprint density at radius 3 is 2.37 bits per heavy atom. The SMILES string of the molecule is CCCON=C1CCC(c2ccc(C3COC(c4c(F)cccc4F)=N3)cc2)CC1. The van der Waals surface area contributed by atoms with Crippen LogP contribution >= 0.6 is 0 Å². The maximum absolute atomic E-state index is 14.0. The third kappa shape index (κ3) is 4.53. The van der Waals surface area contributed by atoms with Crippen LogP contribution in [0.5, 0.6) is 0 Å². The fourth-order valence-corrected chi connectivity index (χ4v) is 3.98. The van der Waals surface area contributed by atoms with E-state index in [1.807, 2.05) is 12.1 Å². The predicted octanol–water partition coefficient (Wildman–Crippen LogP) is 5.92. The molecule has 2 aromatic carbocycles. The summed E-state index contributed by atoms with van der Waals surface area (Å²) in [5, 5.41) is 4.25. The maximum Gasteiger partial charge on any atom is 0.222 e. The average molecular weight is 412 g/mol. The molecule has 1 aliphatic heterocycles. The van der Waals surface area contributed by atoms with Crippen molar-refractivity contribution in [2.24, 2.45) is 10.1 Å². The van der Waals surface area contributed by atoms with E-state index in [2.05, 4.69) is 29.2 Å². The van der Waals surface area contributed by atoms with E-state index >= 15 is 0 Å². The molecule has 2 aromatic rings. The Kier molecular flexibility index (Phi) is 6.41. The Balaban J connectivity index is 1.40. The van der Waals surface area contributed by atoms with E-state index in [0.717, 1.165) is 43.4 Å². The molecule has 1 unspecified atom stereocenters. The first-order valence-electron chi connectivity index (χ1n) is 10.6. The third-order valence-corrected chi connectivity index (χ3v) is 5.67. The van der Waals surface area contributed by atoms with E-state index in [1.54, 1.807) is 0 Å². The Labute approximate surface area is 175 Å². The van der Waals surface area contributed by atoms with Gasteiger partial charge >= 0.3 is 0 Å². The van der Waals surface area contributed by atoms with Gasteiger partial charge in [0.25, 0.3) is 0 Å². The molecule has 0 N–H and O–H groups in total. The minimum absolute atomic E-state index is 0.0315. The fraction of sp³-hybridized carbons (Fsp3) is 0.417. The highest BCUT2D eigenvalue weighted by atomic mass is 19.1. The summed E-state index contributed by atoms with van der Waals surface area (Å²) in [6, 6.07) is 11.8. The van der Waals surface area contributed by atoms with Crippen LogP contribution in [0.25, 0.3) is 0 Å². The summed E-state index contributed by atoms with van der Waals surface area (Å²) in [6.45, 7) is 3.03. The highest BCUT2D eigenvalue weighted by molar-refractivity contribution is 5.95. The van der Waals surface area contributed by atoms with Gasteiger partial charge in [-0.1, -0.05) is 42.4 Å². The Bertz CT molecular complexity index is 910. The molecule has 0 spiro atoms. The summed E-state index contributed by atoms with van der Waals surface area (Å²) in [4.78, 5) is 9.73. The van der Waals surface area contributed by atoms with Crippen molar-refractivity contribution in [2.75, 3.05) is 13.2 Å². The highest BCUT2D eigenvalue weighted by Gasteiger charge is 2.26. The number of aliphatic imine (C=N–C) groups is 1. The number of rotatable bonds is 6. The van der Waals surface area contributed by atoms with Crippen LogP contribution in [0.4, 0.5) is 8.78 Å². The van der Waals surface area contributed by atoms with E-state index in [1.165, 1.54) is 23.8 Å². The molecule has 2 aliphatic rings. The molecule has 4 rings (SSSR count). The lowest BCUT2D eigenvalue weighted by Crippen LogP contribution is -2.13. The normalized spacial score (nSPS) is 21.2. The summed E-state index contributed by atoms with van der Waals surface area (Å²) < 4.78 is 33.5. The highest BCUT2D eigenvalue weighted by Crippen LogP contribution is 2.33. The van der Waals surface area contributed by atoms with Gasteiger partial charge in [0.2, 0.25) is 5.90 Å². The zero-order valence-electron chi connectivity index (χ0n) is 17.1. The Hall–Kier alpha value is -2.76. The molecule has 0 aromatic heterocycles. The molecule has 0 radical (unpaired) electrons. The van der Waals surface area contributed by atoms with E-state index in [-0.39, 0.29) is 24.1 Å². The average Bonchev–Trinajstić information content (AvgIpc) is 3.24. The third-order valence-electron chi connectivity index (χ3n) is 5.67. The smallest absolute Gasteiger partial charge is 0.222 e. The van der Waals surface area contributed by atoms with Gasteiger partial charge in [-0.25, -0.2) is 13.8 Å². The van der Waals surface area contributed by atoms with Crippen molar-refractivity contribution in [3.8, 4) is 0 Å². The topological polar surface area (TPSA) is 43.2 Å². The van der Waals surface area contributed by atoms with Crippen LogP contribution in [-0.4, -0.2) is 24.8 Å². The van der Waals surface area contributed by atoms with Gasteiger partial charge in [-0.15, -0.1) is 0 Å². The molecular formula is C24H26F2N2O2. The van der Waals surface area contributed by atoms with Crippen molar-refractivity contribution in [1.29, 1.82) is 0 Å². The number of hydrogen-bond donors (Lipinski definition) is 0. The van der Waals surface area contributed by atoms with Gasteiger partial charge in [-0.05, 0) is 61.3 Å². The van der Waals surface area contributed by atoms with E-state index in [4.69, 9.17) is 9.57 Å². The molecule has 6 heteroatoms. The monoisotopic (exact) mass is 412 g/mol. The first kappa shape index (κ1) is 20.5. The molecule has 1 aliphatic carbocycles. The van der Waals surface area contributed by atoms with Crippen molar-refractivity contribution < 1.29 is 18.4 Å². The minimum atomic E-state index is -0.662. The minimum Gasteiger partial charge on any atom is -0.475 e. The number of benzene rings is 2. The van der Waals surface area contributed by atoms with Gasteiger partial charge in [-0.2, -0.15) is 0 Å². The van der Waals surface area contributed by atoms with Crippen molar-refractivity contribution in [2.45, 2.75) is 51.0 Å². The number of halogens is 2. The molecular weight excluding hydrogens is 386 g/mol. The number of oxime groups is 1. The maximum atomic E-state index is 14.0. The van der Waals surface area contributed by atoms with Crippen LogP contribution in [0.3, 0.4) is 0 Å². The van der Waals surface area contributed by atoms with Gasteiger partial charge in [0.05, 0.1) is 5.71 Å². The predicted molar refractivity (Wildman–Crippen MR) is 113 cm³/mol. The zero-order chi connectivity index (χ0) is 20.9. The summed E-state index contributed by atoms with van der Waals surface area (Å²) >= 11 is 0. The van der Waals surface area contributed by atoms with Gasteiger partial charge in [0.15, 0.2) is 0 Å². The van der Waals surface area contributed by atoms with Crippen LogP contribution in [0.15, 0.2) is 52.6 Å². The first-order chi connectivity index (χ1) is 14.7. The molecule has 1 atom stereocenters. The number of ether oxygens (including phenoxy) is 1. The lowest BCUT2D eigenvalue weighted by atomic mass is 9.83. The van der Waals surface area contributed by atoms with Crippen molar-refractivity contribution >= 4 is 11.6 Å². The fourth-order valence-electron chi connectivity index (χ4n) is 3.98. The van der Waals surface area contributed by atoms with E-state index in [0.29, 0.717) is 12.5 Å². The second-order valence-electron chi connectivity index (χ2n) is 7.79. The molecule has 0 bridgehead atoms. The van der Waals surface area contributed by atoms with Crippen LogP contribution in [0, 0.1) is 11.6 Å². The van der Waals surface area contributed by atoms with Crippen LogP contribution in [-0.2, 0) is 9.57 Å². The first-order valence-corrected chi connectivity index (χ1v) is 10.6. The standard InChI is InChI=1S/C24H26F2N2O2/c1-2-14-30-28-19-12-10-17(11-13-19)16-6-8-18(9-7-16)22-15-29-24(27-22)23-20(25)4-3-5-21(23)26/h3-9,17,22H,2,10-15H2,1H3. The Morgan fingerprint density at radius 1 is 1.03 bits per heavy atom.